The predicted octanol–water partition coefficient (Wildman–Crippen LogP) is 4.84. The van der Waals surface area contributed by atoms with Gasteiger partial charge in [-0.2, -0.15) is 4.31 Å². The molecule has 0 saturated heterocycles. The van der Waals surface area contributed by atoms with E-state index in [4.69, 9.17) is 11.6 Å². The van der Waals surface area contributed by atoms with Gasteiger partial charge in [0, 0.05) is 24.2 Å². The Bertz CT molecular complexity index is 1390. The van der Waals surface area contributed by atoms with E-state index in [1.165, 1.54) is 18.0 Å². The summed E-state index contributed by atoms with van der Waals surface area (Å²) in [5.41, 5.74) is 0.166. The lowest BCUT2D eigenvalue weighted by Crippen LogP contribution is -2.55. The van der Waals surface area contributed by atoms with Gasteiger partial charge in [0.1, 0.15) is 6.04 Å². The molecule has 0 aromatic heterocycles. The molecule has 3 aromatic carbocycles. The van der Waals surface area contributed by atoms with E-state index in [1.807, 2.05) is 52.0 Å². The van der Waals surface area contributed by atoms with Crippen LogP contribution < -0.4 is 5.32 Å². The standard InChI is InChI=1S/C28H34ClN3O4S/c1-6-25(27(34)30-28(2,3)4)32(18-22-13-9-10-14-24(22)29)26(33)19-31(5)37(35,36)23-16-15-20-11-7-8-12-21(20)17-23/h7-17,25H,6,18-19H2,1-5H3,(H,30,34)/t25-/m1/s1. The molecule has 7 nitrogen and oxygen atoms in total. The van der Waals surface area contributed by atoms with E-state index in [-0.39, 0.29) is 17.3 Å². The molecular formula is C28H34ClN3O4S. The lowest BCUT2D eigenvalue weighted by atomic mass is 10.1. The molecule has 2 amide bonds. The highest BCUT2D eigenvalue weighted by atomic mass is 35.5. The summed E-state index contributed by atoms with van der Waals surface area (Å²) in [6.07, 6.45) is 0.346. The van der Waals surface area contributed by atoms with E-state index >= 15 is 0 Å². The molecule has 0 bridgehead atoms. The number of likely N-dealkylation sites (N-methyl/N-ethyl adjacent to an activating group) is 1. The summed E-state index contributed by atoms with van der Waals surface area (Å²) >= 11 is 6.37. The summed E-state index contributed by atoms with van der Waals surface area (Å²) in [6, 6.07) is 18.6. The molecule has 0 fully saturated rings. The van der Waals surface area contributed by atoms with Gasteiger partial charge in [0.05, 0.1) is 11.4 Å². The average Bonchev–Trinajstić information content (AvgIpc) is 2.83. The van der Waals surface area contributed by atoms with Crippen LogP contribution in [0.15, 0.2) is 71.6 Å². The number of rotatable bonds is 9. The third-order valence-corrected chi connectivity index (χ3v) is 8.14. The Morgan fingerprint density at radius 3 is 2.22 bits per heavy atom. The molecule has 0 heterocycles. The van der Waals surface area contributed by atoms with Crippen LogP contribution in [-0.2, 0) is 26.2 Å². The molecule has 0 spiro atoms. The van der Waals surface area contributed by atoms with Gasteiger partial charge in [-0.15, -0.1) is 0 Å². The van der Waals surface area contributed by atoms with Gasteiger partial charge in [0.25, 0.3) is 0 Å². The molecule has 0 saturated carbocycles. The van der Waals surface area contributed by atoms with Crippen LogP contribution in [0.4, 0.5) is 0 Å². The normalized spacial score (nSPS) is 12.9. The third kappa shape index (κ3) is 7.09. The van der Waals surface area contributed by atoms with Crippen molar-refractivity contribution in [2.24, 2.45) is 0 Å². The number of hydrogen-bond acceptors (Lipinski definition) is 4. The Balaban J connectivity index is 1.91. The lowest BCUT2D eigenvalue weighted by Gasteiger charge is -2.34. The number of amides is 2. The number of benzene rings is 3. The number of carbonyl (C=O) groups excluding carboxylic acids is 2. The summed E-state index contributed by atoms with van der Waals surface area (Å²) in [5.74, 6) is -0.807. The van der Waals surface area contributed by atoms with Crippen molar-refractivity contribution in [3.05, 3.63) is 77.3 Å². The summed E-state index contributed by atoms with van der Waals surface area (Å²) in [6.45, 7) is 7.04. The minimum Gasteiger partial charge on any atom is -0.350 e. The van der Waals surface area contributed by atoms with E-state index in [0.717, 1.165) is 15.1 Å². The number of nitrogens with one attached hydrogen (secondary N) is 1. The summed E-state index contributed by atoms with van der Waals surface area (Å²) < 4.78 is 27.7. The molecule has 0 unspecified atom stereocenters. The number of fused-ring (bicyclic) bond motifs is 1. The molecule has 0 aliphatic carbocycles. The molecule has 37 heavy (non-hydrogen) atoms. The van der Waals surface area contributed by atoms with Crippen LogP contribution in [0.2, 0.25) is 5.02 Å². The highest BCUT2D eigenvalue weighted by molar-refractivity contribution is 7.89. The molecule has 0 aliphatic rings. The predicted molar refractivity (Wildman–Crippen MR) is 148 cm³/mol. The van der Waals surface area contributed by atoms with Crippen molar-refractivity contribution in [3.63, 3.8) is 0 Å². The quantitative estimate of drug-likeness (QED) is 0.418. The van der Waals surface area contributed by atoms with Crippen molar-refractivity contribution in [1.82, 2.24) is 14.5 Å². The maximum atomic E-state index is 13.6. The maximum Gasteiger partial charge on any atom is 0.243 e. The fourth-order valence-corrected chi connectivity index (χ4v) is 5.41. The summed E-state index contributed by atoms with van der Waals surface area (Å²) in [5, 5.41) is 5.10. The van der Waals surface area contributed by atoms with Crippen LogP contribution in [0.3, 0.4) is 0 Å². The van der Waals surface area contributed by atoms with Crippen LogP contribution in [0.25, 0.3) is 10.8 Å². The van der Waals surface area contributed by atoms with Gasteiger partial charge < -0.3 is 10.2 Å². The van der Waals surface area contributed by atoms with Gasteiger partial charge in [-0.3, -0.25) is 9.59 Å². The highest BCUT2D eigenvalue weighted by Crippen LogP contribution is 2.23. The van der Waals surface area contributed by atoms with Crippen molar-refractivity contribution in [3.8, 4) is 0 Å². The van der Waals surface area contributed by atoms with E-state index in [2.05, 4.69) is 5.32 Å². The third-order valence-electron chi connectivity index (χ3n) is 5.97. The Labute approximate surface area is 224 Å². The van der Waals surface area contributed by atoms with Crippen molar-refractivity contribution in [2.45, 2.75) is 57.1 Å². The van der Waals surface area contributed by atoms with Crippen molar-refractivity contribution in [2.75, 3.05) is 13.6 Å². The Morgan fingerprint density at radius 2 is 1.59 bits per heavy atom. The fraction of sp³-hybridized carbons (Fsp3) is 0.357. The van der Waals surface area contributed by atoms with Crippen molar-refractivity contribution < 1.29 is 18.0 Å². The molecule has 3 rings (SSSR count). The number of sulfonamides is 1. The molecule has 0 aliphatic heterocycles. The van der Waals surface area contributed by atoms with E-state index in [1.54, 1.807) is 36.4 Å². The molecule has 3 aromatic rings. The number of nitrogens with zero attached hydrogens (tertiary/aromatic N) is 2. The maximum absolute atomic E-state index is 13.6. The first-order valence-electron chi connectivity index (χ1n) is 12.1. The smallest absolute Gasteiger partial charge is 0.243 e. The monoisotopic (exact) mass is 543 g/mol. The largest absolute Gasteiger partial charge is 0.350 e. The lowest BCUT2D eigenvalue weighted by molar-refractivity contribution is -0.142. The second-order valence-corrected chi connectivity index (χ2v) is 12.5. The van der Waals surface area contributed by atoms with Gasteiger partial charge in [-0.05, 0) is 61.7 Å². The van der Waals surface area contributed by atoms with Gasteiger partial charge in [-0.25, -0.2) is 8.42 Å². The zero-order valence-corrected chi connectivity index (χ0v) is 23.4. The van der Waals surface area contributed by atoms with E-state index < -0.39 is 34.1 Å². The molecule has 198 valence electrons. The second kappa shape index (κ2) is 11.6. The summed E-state index contributed by atoms with van der Waals surface area (Å²) in [7, 11) is -2.59. The Kier molecular flexibility index (Phi) is 9.00. The van der Waals surface area contributed by atoms with Crippen LogP contribution in [0.1, 0.15) is 39.7 Å². The molecule has 1 N–H and O–H groups in total. The van der Waals surface area contributed by atoms with Crippen LogP contribution in [0, 0.1) is 0 Å². The molecule has 0 radical (unpaired) electrons. The number of carbonyl (C=O) groups is 2. The van der Waals surface area contributed by atoms with Gasteiger partial charge in [0.2, 0.25) is 21.8 Å². The van der Waals surface area contributed by atoms with Crippen LogP contribution >= 0.6 is 11.6 Å². The SMILES string of the molecule is CC[C@H](C(=O)NC(C)(C)C)N(Cc1ccccc1Cl)C(=O)CN(C)S(=O)(=O)c1ccc2ccccc2c1. The average molecular weight is 544 g/mol. The van der Waals surface area contributed by atoms with Gasteiger partial charge in [-0.1, -0.05) is 67.1 Å². The Morgan fingerprint density at radius 1 is 0.973 bits per heavy atom. The van der Waals surface area contributed by atoms with E-state index in [9.17, 15) is 18.0 Å². The van der Waals surface area contributed by atoms with Crippen LogP contribution in [-0.4, -0.2) is 54.6 Å². The zero-order valence-electron chi connectivity index (χ0n) is 21.9. The van der Waals surface area contributed by atoms with Crippen LogP contribution in [0.5, 0.6) is 0 Å². The first-order chi connectivity index (χ1) is 17.3. The molecule has 9 heteroatoms. The first-order valence-corrected chi connectivity index (χ1v) is 14.0. The highest BCUT2D eigenvalue weighted by Gasteiger charge is 2.33. The number of halogens is 1. The minimum absolute atomic E-state index is 0.0679. The summed E-state index contributed by atoms with van der Waals surface area (Å²) in [4.78, 5) is 28.3. The topological polar surface area (TPSA) is 86.8 Å². The van der Waals surface area contributed by atoms with Gasteiger partial charge >= 0.3 is 0 Å². The first kappa shape index (κ1) is 28.6. The van der Waals surface area contributed by atoms with Crippen molar-refractivity contribution >= 4 is 44.2 Å². The van der Waals surface area contributed by atoms with Gasteiger partial charge in [0.15, 0.2) is 0 Å². The molecular weight excluding hydrogens is 510 g/mol. The zero-order chi connectivity index (χ0) is 27.4. The second-order valence-electron chi connectivity index (χ2n) is 10.0. The van der Waals surface area contributed by atoms with Crippen molar-refractivity contribution in [1.29, 1.82) is 0 Å². The van der Waals surface area contributed by atoms with E-state index in [0.29, 0.717) is 17.0 Å². The Hall–Kier alpha value is -2.94. The fourth-order valence-electron chi connectivity index (χ4n) is 4.06. The molecule has 1 atom stereocenters. The minimum atomic E-state index is -3.96. The number of hydrogen-bond donors (Lipinski definition) is 1.